The summed E-state index contributed by atoms with van der Waals surface area (Å²) in [7, 11) is 0. The second-order valence-electron chi connectivity index (χ2n) is 6.62. The smallest absolute Gasteiger partial charge is 0.161 e. The molecule has 2 aromatic rings. The molecule has 5 nitrogen and oxygen atoms in total. The first kappa shape index (κ1) is 19.7. The maximum atomic E-state index is 5.97. The molecule has 1 aliphatic heterocycles. The molecule has 1 heterocycles. The Morgan fingerprint density at radius 2 is 1.78 bits per heavy atom. The highest BCUT2D eigenvalue weighted by Gasteiger charge is 2.10. The van der Waals surface area contributed by atoms with Gasteiger partial charge in [-0.1, -0.05) is 36.4 Å². The van der Waals surface area contributed by atoms with Crippen LogP contribution in [0, 0.1) is 0 Å². The molecule has 146 valence electrons. The highest BCUT2D eigenvalue weighted by Crippen LogP contribution is 2.29. The highest BCUT2D eigenvalue weighted by molar-refractivity contribution is 5.43. The lowest BCUT2D eigenvalue weighted by molar-refractivity contribution is 0.0384. The van der Waals surface area contributed by atoms with Crippen LogP contribution < -0.4 is 14.8 Å². The fourth-order valence-electron chi connectivity index (χ4n) is 3.08. The Morgan fingerprint density at radius 1 is 0.963 bits per heavy atom. The van der Waals surface area contributed by atoms with Crippen molar-refractivity contribution in [1.82, 2.24) is 10.2 Å². The number of nitrogens with zero attached hydrogens (tertiary/aromatic N) is 1. The summed E-state index contributed by atoms with van der Waals surface area (Å²) in [5, 5.41) is 3.52. The quantitative estimate of drug-likeness (QED) is 0.651. The fourth-order valence-corrected chi connectivity index (χ4v) is 3.08. The minimum Gasteiger partial charge on any atom is -0.490 e. The van der Waals surface area contributed by atoms with Gasteiger partial charge in [0.05, 0.1) is 19.8 Å². The first-order chi connectivity index (χ1) is 13.3. The Labute approximate surface area is 162 Å². The lowest BCUT2D eigenvalue weighted by Crippen LogP contribution is -2.40. The summed E-state index contributed by atoms with van der Waals surface area (Å²) >= 11 is 0. The Hall–Kier alpha value is -2.08. The summed E-state index contributed by atoms with van der Waals surface area (Å²) < 4.78 is 17.1. The largest absolute Gasteiger partial charge is 0.490 e. The SMILES string of the molecule is CCOc1cc(CNCCN2CCOCC2)ccc1OCc1ccccc1. The molecule has 2 aromatic carbocycles. The molecule has 0 radical (unpaired) electrons. The molecule has 0 spiro atoms. The fraction of sp³-hybridized carbons (Fsp3) is 0.455. The van der Waals surface area contributed by atoms with E-state index >= 15 is 0 Å². The molecule has 1 saturated heterocycles. The first-order valence-corrected chi connectivity index (χ1v) is 9.78. The minimum absolute atomic E-state index is 0.540. The molecule has 27 heavy (non-hydrogen) atoms. The molecule has 0 atom stereocenters. The van der Waals surface area contributed by atoms with Gasteiger partial charge in [-0.05, 0) is 30.2 Å². The Bertz CT molecular complexity index is 673. The normalized spacial score (nSPS) is 14.9. The molecule has 0 aliphatic carbocycles. The van der Waals surface area contributed by atoms with E-state index in [1.807, 2.05) is 31.2 Å². The van der Waals surface area contributed by atoms with Crippen molar-refractivity contribution in [1.29, 1.82) is 0 Å². The Morgan fingerprint density at radius 3 is 2.56 bits per heavy atom. The molecule has 0 aromatic heterocycles. The number of ether oxygens (including phenoxy) is 3. The molecule has 1 N–H and O–H groups in total. The van der Waals surface area contributed by atoms with Gasteiger partial charge >= 0.3 is 0 Å². The summed E-state index contributed by atoms with van der Waals surface area (Å²) in [4.78, 5) is 2.43. The number of nitrogens with one attached hydrogen (secondary N) is 1. The Kier molecular flexibility index (Phi) is 7.96. The molecule has 0 saturated carbocycles. The van der Waals surface area contributed by atoms with Crippen LogP contribution in [-0.2, 0) is 17.9 Å². The highest BCUT2D eigenvalue weighted by atomic mass is 16.5. The zero-order chi connectivity index (χ0) is 18.7. The molecule has 5 heteroatoms. The van der Waals surface area contributed by atoms with Crippen molar-refractivity contribution in [3.05, 3.63) is 59.7 Å². The van der Waals surface area contributed by atoms with Crippen LogP contribution in [0.15, 0.2) is 48.5 Å². The average Bonchev–Trinajstić information content (AvgIpc) is 2.72. The molecule has 0 unspecified atom stereocenters. The first-order valence-electron chi connectivity index (χ1n) is 9.78. The zero-order valence-electron chi connectivity index (χ0n) is 16.2. The van der Waals surface area contributed by atoms with Crippen LogP contribution in [0.1, 0.15) is 18.1 Å². The number of rotatable bonds is 10. The summed E-state index contributed by atoms with van der Waals surface area (Å²) in [6.45, 7) is 9.76. The second kappa shape index (κ2) is 10.9. The van der Waals surface area contributed by atoms with Gasteiger partial charge in [0.1, 0.15) is 6.61 Å². The van der Waals surface area contributed by atoms with E-state index in [1.165, 1.54) is 5.56 Å². The predicted molar refractivity (Wildman–Crippen MR) is 107 cm³/mol. The van der Waals surface area contributed by atoms with Crippen LogP contribution in [0.4, 0.5) is 0 Å². The van der Waals surface area contributed by atoms with Gasteiger partial charge in [0, 0.05) is 32.7 Å². The third-order valence-electron chi connectivity index (χ3n) is 4.58. The number of morpholine rings is 1. The van der Waals surface area contributed by atoms with Gasteiger partial charge in [-0.15, -0.1) is 0 Å². The zero-order valence-corrected chi connectivity index (χ0v) is 16.2. The molecule has 0 bridgehead atoms. The lowest BCUT2D eigenvalue weighted by atomic mass is 10.2. The Balaban J connectivity index is 1.49. The van der Waals surface area contributed by atoms with Crippen molar-refractivity contribution in [2.45, 2.75) is 20.1 Å². The van der Waals surface area contributed by atoms with Crippen molar-refractivity contribution < 1.29 is 14.2 Å². The number of hydrogen-bond acceptors (Lipinski definition) is 5. The standard InChI is InChI=1S/C22H30N2O3/c1-2-26-22-16-20(17-23-10-11-24-12-14-25-15-13-24)8-9-21(22)27-18-19-6-4-3-5-7-19/h3-9,16,23H,2,10-15,17-18H2,1H3. The summed E-state index contributed by atoms with van der Waals surface area (Å²) in [6.07, 6.45) is 0. The molecule has 1 fully saturated rings. The van der Waals surface area contributed by atoms with Crippen molar-refractivity contribution in [3.8, 4) is 11.5 Å². The summed E-state index contributed by atoms with van der Waals surface area (Å²) in [6, 6.07) is 16.4. The summed E-state index contributed by atoms with van der Waals surface area (Å²) in [5.41, 5.74) is 2.35. The van der Waals surface area contributed by atoms with Crippen LogP contribution in [0.5, 0.6) is 11.5 Å². The number of benzene rings is 2. The van der Waals surface area contributed by atoms with Crippen LogP contribution in [0.25, 0.3) is 0 Å². The van der Waals surface area contributed by atoms with E-state index in [2.05, 4.69) is 34.5 Å². The van der Waals surface area contributed by atoms with Crippen LogP contribution >= 0.6 is 0 Å². The van der Waals surface area contributed by atoms with Crippen molar-refractivity contribution >= 4 is 0 Å². The van der Waals surface area contributed by atoms with Crippen LogP contribution in [-0.4, -0.2) is 50.9 Å². The van der Waals surface area contributed by atoms with E-state index in [4.69, 9.17) is 14.2 Å². The van der Waals surface area contributed by atoms with Gasteiger partial charge < -0.3 is 19.5 Å². The predicted octanol–water partition coefficient (Wildman–Crippen LogP) is 3.09. The maximum Gasteiger partial charge on any atom is 0.161 e. The molecular formula is C22H30N2O3. The van der Waals surface area contributed by atoms with Crippen LogP contribution in [0.3, 0.4) is 0 Å². The lowest BCUT2D eigenvalue weighted by Gasteiger charge is -2.26. The van der Waals surface area contributed by atoms with E-state index in [0.29, 0.717) is 13.2 Å². The monoisotopic (exact) mass is 370 g/mol. The maximum absolute atomic E-state index is 5.97. The van der Waals surface area contributed by atoms with Gasteiger partial charge in [-0.2, -0.15) is 0 Å². The van der Waals surface area contributed by atoms with Crippen molar-refractivity contribution in [3.63, 3.8) is 0 Å². The molecular weight excluding hydrogens is 340 g/mol. The van der Waals surface area contributed by atoms with Crippen molar-refractivity contribution in [2.24, 2.45) is 0 Å². The van der Waals surface area contributed by atoms with Gasteiger partial charge in [-0.3, -0.25) is 4.90 Å². The molecule has 0 amide bonds. The van der Waals surface area contributed by atoms with E-state index in [-0.39, 0.29) is 0 Å². The van der Waals surface area contributed by atoms with E-state index in [1.54, 1.807) is 0 Å². The second-order valence-corrected chi connectivity index (χ2v) is 6.62. The molecule has 1 aliphatic rings. The van der Waals surface area contributed by atoms with Gasteiger partial charge in [-0.25, -0.2) is 0 Å². The third-order valence-corrected chi connectivity index (χ3v) is 4.58. The molecule has 3 rings (SSSR count). The summed E-state index contributed by atoms with van der Waals surface area (Å²) in [5.74, 6) is 1.60. The van der Waals surface area contributed by atoms with E-state index in [0.717, 1.165) is 63.0 Å². The third kappa shape index (κ3) is 6.54. The van der Waals surface area contributed by atoms with Gasteiger partial charge in [0.15, 0.2) is 11.5 Å². The van der Waals surface area contributed by atoms with Crippen LogP contribution in [0.2, 0.25) is 0 Å². The minimum atomic E-state index is 0.540. The van der Waals surface area contributed by atoms with E-state index in [9.17, 15) is 0 Å². The van der Waals surface area contributed by atoms with Gasteiger partial charge in [0.25, 0.3) is 0 Å². The van der Waals surface area contributed by atoms with Crippen molar-refractivity contribution in [2.75, 3.05) is 46.0 Å². The average molecular weight is 370 g/mol. The van der Waals surface area contributed by atoms with E-state index < -0.39 is 0 Å². The van der Waals surface area contributed by atoms with Gasteiger partial charge in [0.2, 0.25) is 0 Å². The topological polar surface area (TPSA) is 43.0 Å². The number of hydrogen-bond donors (Lipinski definition) is 1.